The van der Waals surface area contributed by atoms with Crippen molar-refractivity contribution >= 4 is 49.6 Å². The molecule has 8 aromatic carbocycles. The lowest BCUT2D eigenvalue weighted by Crippen LogP contribution is -2.16. The summed E-state index contributed by atoms with van der Waals surface area (Å²) < 4.78 is 2.43. The van der Waals surface area contributed by atoms with Gasteiger partial charge in [-0.2, -0.15) is 0 Å². The van der Waals surface area contributed by atoms with E-state index in [1.54, 1.807) is 0 Å². The predicted molar refractivity (Wildman–Crippen MR) is 248 cm³/mol. The van der Waals surface area contributed by atoms with Gasteiger partial charge in [0.1, 0.15) is 0 Å². The van der Waals surface area contributed by atoms with Crippen LogP contribution in [0.4, 0.5) is 17.1 Å². The van der Waals surface area contributed by atoms with Gasteiger partial charge in [-0.1, -0.05) is 180 Å². The van der Waals surface area contributed by atoms with E-state index < -0.39 is 0 Å². The Hall–Kier alpha value is -6.38. The Bertz CT molecular complexity index is 2900. The lowest BCUT2D eigenvalue weighted by atomic mass is 9.80. The topological polar surface area (TPSA) is 8.17 Å². The minimum Gasteiger partial charge on any atom is -0.309 e. The second-order valence-electron chi connectivity index (χ2n) is 17.1. The molecule has 1 aliphatic carbocycles. The smallest absolute Gasteiger partial charge is 0.0562 e. The van der Waals surface area contributed by atoms with E-state index >= 15 is 0 Å². The molecule has 284 valence electrons. The first-order valence-corrected chi connectivity index (χ1v) is 21.1. The third-order valence-corrected chi connectivity index (χ3v) is 12.5. The van der Waals surface area contributed by atoms with E-state index in [0.717, 1.165) is 11.4 Å². The molecule has 0 N–H and O–H groups in total. The van der Waals surface area contributed by atoms with Gasteiger partial charge in [-0.3, -0.25) is 0 Å². The minimum atomic E-state index is -0.0605. The molecular weight excluding hydrogens is 701 g/mol. The highest BCUT2D eigenvalue weighted by molar-refractivity contribution is 6.17. The Morgan fingerprint density at radius 1 is 0.483 bits per heavy atom. The van der Waals surface area contributed by atoms with Crippen LogP contribution < -0.4 is 4.90 Å². The summed E-state index contributed by atoms with van der Waals surface area (Å²) in [5, 5.41) is 5.18. The van der Waals surface area contributed by atoms with E-state index in [0.29, 0.717) is 5.92 Å². The number of hydrogen-bond acceptors (Lipinski definition) is 1. The van der Waals surface area contributed by atoms with Crippen LogP contribution in [0.1, 0.15) is 69.9 Å². The highest BCUT2D eigenvalue weighted by Crippen LogP contribution is 2.51. The summed E-state index contributed by atoms with van der Waals surface area (Å²) in [5.74, 6) is 0.577. The fourth-order valence-electron chi connectivity index (χ4n) is 9.72. The van der Waals surface area contributed by atoms with Crippen molar-refractivity contribution in [3.05, 3.63) is 193 Å². The molecule has 1 aromatic heterocycles. The highest BCUT2D eigenvalue weighted by atomic mass is 15.2. The Morgan fingerprint density at radius 2 is 1.12 bits per heavy atom. The maximum Gasteiger partial charge on any atom is 0.0562 e. The number of para-hydroxylation sites is 3. The Labute approximate surface area is 343 Å². The van der Waals surface area contributed by atoms with E-state index in [9.17, 15) is 0 Å². The lowest BCUT2D eigenvalue weighted by Gasteiger charge is -2.33. The quantitative estimate of drug-likeness (QED) is 0.157. The average Bonchev–Trinajstić information content (AvgIpc) is 3.62. The molecule has 0 amide bonds. The number of rotatable bonds is 7. The Kier molecular flexibility index (Phi) is 9.21. The van der Waals surface area contributed by atoms with Crippen molar-refractivity contribution in [2.45, 2.75) is 64.2 Å². The van der Waals surface area contributed by atoms with Gasteiger partial charge in [-0.15, -0.1) is 0 Å². The SMILES string of the molecule is CC(C)(C)c1ccc(-c2ccccc2)c(N(c2ccccc2-c2cccc3cccc(C4CCCCC4)c23)c2cccc3c2c2ccccc2n3-c2ccccc2)c1. The standard InChI is InChI=1S/C56H50N2/c1-56(2,3)42-36-37-44(39-20-7-4-8-21-39)53(38-42)58(52-35-19-34-51-55(52)48-29-14-16-33-50(48)57(51)43-26-11-6-12-27-43)49-32-15-13-28-46(49)47-31-18-25-41-24-17-30-45(54(41)47)40-22-9-5-10-23-40/h4,6-8,11-21,24-38,40H,5,9-10,22-23H2,1-3H3. The van der Waals surface area contributed by atoms with Gasteiger partial charge in [-0.25, -0.2) is 0 Å². The first-order chi connectivity index (χ1) is 28.5. The van der Waals surface area contributed by atoms with Crippen molar-refractivity contribution < 1.29 is 0 Å². The van der Waals surface area contributed by atoms with E-state index in [4.69, 9.17) is 0 Å². The molecule has 0 aliphatic heterocycles. The molecule has 0 spiro atoms. The molecule has 0 atom stereocenters. The maximum atomic E-state index is 2.60. The van der Waals surface area contributed by atoms with Crippen LogP contribution in [0, 0.1) is 0 Å². The molecule has 0 radical (unpaired) electrons. The van der Waals surface area contributed by atoms with Crippen LogP contribution in [0.15, 0.2) is 182 Å². The molecule has 9 aromatic rings. The molecule has 0 saturated heterocycles. The van der Waals surface area contributed by atoms with Crippen molar-refractivity contribution in [1.82, 2.24) is 4.57 Å². The second-order valence-corrected chi connectivity index (χ2v) is 17.1. The lowest BCUT2D eigenvalue weighted by molar-refractivity contribution is 0.445. The maximum absolute atomic E-state index is 2.60. The molecular formula is C56H50N2. The number of fused-ring (bicyclic) bond motifs is 4. The van der Waals surface area contributed by atoms with Crippen molar-refractivity contribution in [1.29, 1.82) is 0 Å². The summed E-state index contributed by atoms with van der Waals surface area (Å²) in [5.41, 5.74) is 14.7. The van der Waals surface area contributed by atoms with Crippen molar-refractivity contribution in [2.24, 2.45) is 0 Å². The van der Waals surface area contributed by atoms with Crippen LogP contribution in [-0.4, -0.2) is 4.57 Å². The fourth-order valence-corrected chi connectivity index (χ4v) is 9.72. The fraction of sp³-hybridized carbons (Fsp3) is 0.179. The number of anilines is 3. The summed E-state index contributed by atoms with van der Waals surface area (Å²) in [4.78, 5) is 2.60. The zero-order valence-electron chi connectivity index (χ0n) is 33.8. The van der Waals surface area contributed by atoms with Crippen LogP contribution >= 0.6 is 0 Å². The zero-order valence-corrected chi connectivity index (χ0v) is 33.8. The van der Waals surface area contributed by atoms with Crippen LogP contribution in [0.2, 0.25) is 0 Å². The molecule has 1 aliphatic rings. The summed E-state index contributed by atoms with van der Waals surface area (Å²) in [6.07, 6.45) is 6.47. The highest BCUT2D eigenvalue weighted by Gasteiger charge is 2.28. The van der Waals surface area contributed by atoms with Crippen molar-refractivity contribution in [2.75, 3.05) is 4.90 Å². The van der Waals surface area contributed by atoms with E-state index in [1.165, 1.54) is 109 Å². The van der Waals surface area contributed by atoms with E-state index in [1.807, 2.05) is 0 Å². The number of benzene rings is 8. The molecule has 2 nitrogen and oxygen atoms in total. The molecule has 1 saturated carbocycles. The van der Waals surface area contributed by atoms with Crippen LogP contribution in [0.5, 0.6) is 0 Å². The van der Waals surface area contributed by atoms with Gasteiger partial charge in [0.15, 0.2) is 0 Å². The molecule has 58 heavy (non-hydrogen) atoms. The van der Waals surface area contributed by atoms with Gasteiger partial charge in [0.25, 0.3) is 0 Å². The third kappa shape index (κ3) is 6.28. The molecule has 1 heterocycles. The van der Waals surface area contributed by atoms with Gasteiger partial charge < -0.3 is 9.47 Å². The molecule has 10 rings (SSSR count). The third-order valence-electron chi connectivity index (χ3n) is 12.5. The molecule has 0 bridgehead atoms. The van der Waals surface area contributed by atoms with Crippen LogP contribution in [0.25, 0.3) is 60.5 Å². The minimum absolute atomic E-state index is 0.0605. The Balaban J connectivity index is 1.33. The molecule has 2 heteroatoms. The van der Waals surface area contributed by atoms with Crippen LogP contribution in [-0.2, 0) is 5.41 Å². The van der Waals surface area contributed by atoms with E-state index in [-0.39, 0.29) is 5.41 Å². The van der Waals surface area contributed by atoms with Crippen LogP contribution in [0.3, 0.4) is 0 Å². The number of nitrogens with zero attached hydrogens (tertiary/aromatic N) is 2. The average molecular weight is 751 g/mol. The van der Waals surface area contributed by atoms with Gasteiger partial charge in [-0.05, 0) is 99.7 Å². The van der Waals surface area contributed by atoms with E-state index in [2.05, 4.69) is 212 Å². The largest absolute Gasteiger partial charge is 0.309 e. The summed E-state index contributed by atoms with van der Waals surface area (Å²) in [6.45, 7) is 6.97. The van der Waals surface area contributed by atoms with Gasteiger partial charge in [0, 0.05) is 27.6 Å². The summed E-state index contributed by atoms with van der Waals surface area (Å²) in [6, 6.07) is 67.8. The molecule has 1 fully saturated rings. The first kappa shape index (κ1) is 36.0. The number of hydrogen-bond donors (Lipinski definition) is 0. The number of aromatic nitrogens is 1. The van der Waals surface area contributed by atoms with Gasteiger partial charge >= 0.3 is 0 Å². The second kappa shape index (κ2) is 14.8. The first-order valence-electron chi connectivity index (χ1n) is 21.1. The van der Waals surface area contributed by atoms with Gasteiger partial charge in [0.05, 0.1) is 28.1 Å². The zero-order chi connectivity index (χ0) is 39.2. The van der Waals surface area contributed by atoms with Gasteiger partial charge in [0.2, 0.25) is 0 Å². The van der Waals surface area contributed by atoms with Crippen molar-refractivity contribution in [3.63, 3.8) is 0 Å². The molecule has 0 unspecified atom stereocenters. The normalized spacial score (nSPS) is 13.7. The monoisotopic (exact) mass is 750 g/mol. The predicted octanol–water partition coefficient (Wildman–Crippen LogP) is 16.1. The van der Waals surface area contributed by atoms with Crippen molar-refractivity contribution in [3.8, 4) is 27.9 Å². The summed E-state index contributed by atoms with van der Waals surface area (Å²) in [7, 11) is 0. The Morgan fingerprint density at radius 3 is 1.91 bits per heavy atom. The summed E-state index contributed by atoms with van der Waals surface area (Å²) >= 11 is 0.